The average Bonchev–Trinajstić information content (AvgIpc) is 2.44. The van der Waals surface area contributed by atoms with Crippen LogP contribution in [0.4, 0.5) is 0 Å². The van der Waals surface area contributed by atoms with Crippen LogP contribution in [0.25, 0.3) is 32.0 Å². The van der Waals surface area contributed by atoms with Crippen molar-refractivity contribution in [2.24, 2.45) is 5.11 Å². The Labute approximate surface area is 108 Å². The van der Waals surface area contributed by atoms with E-state index < -0.39 is 5.91 Å². The minimum Gasteiger partial charge on any atom is -0.287 e. The summed E-state index contributed by atoms with van der Waals surface area (Å²) in [6, 6.07) is 17.3. The molecule has 1 amide bonds. The Morgan fingerprint density at radius 1 is 0.947 bits per heavy atom. The van der Waals surface area contributed by atoms with Crippen molar-refractivity contribution in [3.63, 3.8) is 0 Å². The maximum Gasteiger partial charge on any atom is 0.249 e. The minimum absolute atomic E-state index is 0.432. The highest BCUT2D eigenvalue weighted by atomic mass is 16.1. The predicted octanol–water partition coefficient (Wildman–Crippen LogP) is 4.44. The minimum atomic E-state index is -0.552. The zero-order chi connectivity index (χ0) is 13.2. The molecule has 0 fully saturated rings. The van der Waals surface area contributed by atoms with E-state index in [1.54, 1.807) is 12.1 Å². The summed E-state index contributed by atoms with van der Waals surface area (Å²) in [6.45, 7) is 0. The van der Waals surface area contributed by atoms with Crippen LogP contribution in [-0.4, -0.2) is 5.91 Å². The van der Waals surface area contributed by atoms with Crippen molar-refractivity contribution in [3.05, 3.63) is 70.6 Å². The van der Waals surface area contributed by atoms with Crippen molar-refractivity contribution < 1.29 is 4.79 Å². The molecule has 0 atom stereocenters. The number of carbonyl (C=O) groups excluding carboxylic acids is 1. The summed E-state index contributed by atoms with van der Waals surface area (Å²) >= 11 is 0. The van der Waals surface area contributed by atoms with Crippen LogP contribution in [0.15, 0.2) is 59.7 Å². The third-order valence-corrected chi connectivity index (χ3v) is 3.11. The molecule has 0 aliphatic carbocycles. The molecule has 0 radical (unpaired) electrons. The molecule has 3 rings (SSSR count). The SMILES string of the molecule is [N-]=[N+]=NC(=O)c1cccc2cc3ccccc3cc12. The number of nitrogens with zero attached hydrogens (tertiary/aromatic N) is 3. The van der Waals surface area contributed by atoms with Crippen LogP contribution in [-0.2, 0) is 0 Å². The first-order valence-electron chi connectivity index (χ1n) is 5.80. The average molecular weight is 247 g/mol. The van der Waals surface area contributed by atoms with Crippen molar-refractivity contribution in [1.82, 2.24) is 0 Å². The first-order valence-corrected chi connectivity index (χ1v) is 5.80. The molecule has 0 saturated heterocycles. The molecule has 19 heavy (non-hydrogen) atoms. The summed E-state index contributed by atoms with van der Waals surface area (Å²) in [4.78, 5) is 14.3. The lowest BCUT2D eigenvalue weighted by atomic mass is 9.99. The van der Waals surface area contributed by atoms with Crippen LogP contribution in [0.1, 0.15) is 10.4 Å². The molecule has 0 heterocycles. The molecular weight excluding hydrogens is 238 g/mol. The van der Waals surface area contributed by atoms with Gasteiger partial charge in [-0.2, -0.15) is 0 Å². The van der Waals surface area contributed by atoms with Gasteiger partial charge in [0.1, 0.15) is 0 Å². The largest absolute Gasteiger partial charge is 0.287 e. The van der Waals surface area contributed by atoms with Gasteiger partial charge in [0.15, 0.2) is 0 Å². The van der Waals surface area contributed by atoms with E-state index in [1.807, 2.05) is 42.5 Å². The molecule has 3 aromatic rings. The Hall–Kier alpha value is -2.84. The van der Waals surface area contributed by atoms with E-state index in [0.29, 0.717) is 5.56 Å². The Bertz CT molecular complexity index is 848. The van der Waals surface area contributed by atoms with Crippen LogP contribution < -0.4 is 0 Å². The zero-order valence-corrected chi connectivity index (χ0v) is 9.95. The van der Waals surface area contributed by atoms with Gasteiger partial charge in [-0.1, -0.05) is 42.5 Å². The lowest BCUT2D eigenvalue weighted by Gasteiger charge is -2.05. The van der Waals surface area contributed by atoms with Gasteiger partial charge in [0.25, 0.3) is 0 Å². The molecule has 0 unspecified atom stereocenters. The zero-order valence-electron chi connectivity index (χ0n) is 9.95. The highest BCUT2D eigenvalue weighted by molar-refractivity contribution is 6.10. The molecule has 0 spiro atoms. The predicted molar refractivity (Wildman–Crippen MR) is 74.9 cm³/mol. The van der Waals surface area contributed by atoms with Crippen LogP contribution in [0.3, 0.4) is 0 Å². The smallest absolute Gasteiger partial charge is 0.249 e. The molecule has 0 aliphatic rings. The summed E-state index contributed by atoms with van der Waals surface area (Å²) in [6.07, 6.45) is 0. The quantitative estimate of drug-likeness (QED) is 0.271. The second kappa shape index (κ2) is 4.44. The number of hydrogen-bond acceptors (Lipinski definition) is 1. The number of rotatable bonds is 1. The number of carbonyl (C=O) groups is 1. The number of fused-ring (bicyclic) bond motifs is 2. The summed E-state index contributed by atoms with van der Waals surface area (Å²) in [5.41, 5.74) is 8.81. The van der Waals surface area contributed by atoms with Crippen molar-refractivity contribution in [2.45, 2.75) is 0 Å². The topological polar surface area (TPSA) is 65.8 Å². The molecule has 0 bridgehead atoms. The maximum atomic E-state index is 11.8. The summed E-state index contributed by atoms with van der Waals surface area (Å²) in [5.74, 6) is -0.552. The fourth-order valence-electron chi connectivity index (χ4n) is 2.25. The van der Waals surface area contributed by atoms with Gasteiger partial charge in [0.05, 0.1) is 0 Å². The molecule has 4 heteroatoms. The maximum absolute atomic E-state index is 11.8. The number of benzene rings is 3. The van der Waals surface area contributed by atoms with Crippen LogP contribution in [0.2, 0.25) is 0 Å². The lowest BCUT2D eigenvalue weighted by molar-refractivity contribution is 0.100. The van der Waals surface area contributed by atoms with Crippen LogP contribution >= 0.6 is 0 Å². The standard InChI is InChI=1S/C15H9N3O/c16-18-17-15(19)13-7-3-6-12-8-10-4-1-2-5-11(10)9-14(12)13/h1-9H. The number of amides is 1. The van der Waals surface area contributed by atoms with E-state index in [1.165, 1.54) is 0 Å². The molecule has 4 nitrogen and oxygen atoms in total. The van der Waals surface area contributed by atoms with E-state index in [0.717, 1.165) is 21.5 Å². The first-order chi connectivity index (χ1) is 9.29. The van der Waals surface area contributed by atoms with Gasteiger partial charge < -0.3 is 0 Å². The van der Waals surface area contributed by atoms with Gasteiger partial charge >= 0.3 is 0 Å². The Balaban J connectivity index is 2.38. The lowest BCUT2D eigenvalue weighted by Crippen LogP contribution is -1.94. The molecule has 0 aliphatic heterocycles. The van der Waals surface area contributed by atoms with Gasteiger partial charge in [0, 0.05) is 10.5 Å². The van der Waals surface area contributed by atoms with Crippen LogP contribution in [0.5, 0.6) is 0 Å². The summed E-state index contributed by atoms with van der Waals surface area (Å²) in [7, 11) is 0. The van der Waals surface area contributed by atoms with E-state index in [9.17, 15) is 4.79 Å². The molecule has 0 saturated carbocycles. The fourth-order valence-corrected chi connectivity index (χ4v) is 2.25. The van der Waals surface area contributed by atoms with Crippen molar-refractivity contribution in [1.29, 1.82) is 0 Å². The Kier molecular flexibility index (Phi) is 2.63. The molecular formula is C15H9N3O. The second-order valence-corrected chi connectivity index (χ2v) is 4.22. The van der Waals surface area contributed by atoms with Crippen molar-refractivity contribution in [2.75, 3.05) is 0 Å². The Morgan fingerprint density at radius 2 is 1.63 bits per heavy atom. The van der Waals surface area contributed by atoms with E-state index in [4.69, 9.17) is 5.53 Å². The van der Waals surface area contributed by atoms with Gasteiger partial charge in [-0.05, 0) is 44.3 Å². The molecule has 90 valence electrons. The van der Waals surface area contributed by atoms with E-state index in [2.05, 4.69) is 10.0 Å². The molecule has 0 N–H and O–H groups in total. The molecule has 0 aromatic heterocycles. The third-order valence-electron chi connectivity index (χ3n) is 3.11. The number of hydrogen-bond donors (Lipinski definition) is 0. The number of azide groups is 1. The van der Waals surface area contributed by atoms with Crippen LogP contribution in [0, 0.1) is 0 Å². The molecule has 3 aromatic carbocycles. The summed E-state index contributed by atoms with van der Waals surface area (Å²) < 4.78 is 0. The van der Waals surface area contributed by atoms with Crippen molar-refractivity contribution in [3.8, 4) is 0 Å². The van der Waals surface area contributed by atoms with Gasteiger partial charge in [-0.3, -0.25) is 4.79 Å². The Morgan fingerprint density at radius 3 is 2.37 bits per heavy atom. The summed E-state index contributed by atoms with van der Waals surface area (Å²) in [5, 5.41) is 7.09. The monoisotopic (exact) mass is 247 g/mol. The van der Waals surface area contributed by atoms with Gasteiger partial charge in [-0.15, -0.1) is 0 Å². The highest BCUT2D eigenvalue weighted by Gasteiger charge is 2.08. The van der Waals surface area contributed by atoms with Gasteiger partial charge in [-0.25, -0.2) is 0 Å². The third kappa shape index (κ3) is 1.90. The van der Waals surface area contributed by atoms with Gasteiger partial charge in [0.2, 0.25) is 5.91 Å². The van der Waals surface area contributed by atoms with Crippen molar-refractivity contribution >= 4 is 27.5 Å². The highest BCUT2D eigenvalue weighted by Crippen LogP contribution is 2.25. The second-order valence-electron chi connectivity index (χ2n) is 4.22. The fraction of sp³-hybridized carbons (Fsp3) is 0. The first kappa shape index (κ1) is 11.3. The van der Waals surface area contributed by atoms with E-state index in [-0.39, 0.29) is 0 Å². The van der Waals surface area contributed by atoms with E-state index >= 15 is 0 Å². The normalized spacial score (nSPS) is 10.3.